The summed E-state index contributed by atoms with van der Waals surface area (Å²) in [5.74, 6) is 5.89. The van der Waals surface area contributed by atoms with Crippen molar-refractivity contribution < 1.29 is 0 Å². The SMILES string of the molecule is CC#CCCC(N)c1cccnc1C. The number of hydrogen-bond donors (Lipinski definition) is 1. The summed E-state index contributed by atoms with van der Waals surface area (Å²) in [6, 6.07) is 4.02. The molecule has 2 N–H and O–H groups in total. The van der Waals surface area contributed by atoms with Crippen LogP contribution in [0.2, 0.25) is 0 Å². The van der Waals surface area contributed by atoms with E-state index in [1.165, 1.54) is 0 Å². The number of aryl methyl sites for hydroxylation is 1. The van der Waals surface area contributed by atoms with E-state index in [2.05, 4.69) is 16.8 Å². The summed E-state index contributed by atoms with van der Waals surface area (Å²) in [7, 11) is 0. The van der Waals surface area contributed by atoms with Crippen LogP contribution in [0.25, 0.3) is 0 Å². The molecule has 1 unspecified atom stereocenters. The van der Waals surface area contributed by atoms with Gasteiger partial charge in [0.1, 0.15) is 0 Å². The molecular formula is C12H16N2. The molecule has 0 aromatic carbocycles. The fraction of sp³-hybridized carbons (Fsp3) is 0.417. The Bertz CT molecular complexity index is 347. The summed E-state index contributed by atoms with van der Waals surface area (Å²) >= 11 is 0. The van der Waals surface area contributed by atoms with E-state index in [0.29, 0.717) is 0 Å². The molecule has 1 atom stereocenters. The van der Waals surface area contributed by atoms with Gasteiger partial charge >= 0.3 is 0 Å². The molecule has 74 valence electrons. The average Bonchev–Trinajstić information content (AvgIpc) is 2.18. The van der Waals surface area contributed by atoms with Crippen LogP contribution in [-0.2, 0) is 0 Å². The van der Waals surface area contributed by atoms with Gasteiger partial charge < -0.3 is 5.73 Å². The van der Waals surface area contributed by atoms with Crippen molar-refractivity contribution >= 4 is 0 Å². The van der Waals surface area contributed by atoms with Gasteiger partial charge in [-0.05, 0) is 31.9 Å². The lowest BCUT2D eigenvalue weighted by molar-refractivity contribution is 0.659. The van der Waals surface area contributed by atoms with Crippen LogP contribution in [0.15, 0.2) is 18.3 Å². The maximum Gasteiger partial charge on any atom is 0.0420 e. The van der Waals surface area contributed by atoms with Gasteiger partial charge in [0.25, 0.3) is 0 Å². The standard InChI is InChI=1S/C12H16N2/c1-3-4-5-8-12(13)11-7-6-9-14-10(11)2/h6-7,9,12H,5,8,13H2,1-2H3. The van der Waals surface area contributed by atoms with E-state index in [0.717, 1.165) is 24.1 Å². The van der Waals surface area contributed by atoms with Gasteiger partial charge in [-0.1, -0.05) is 6.07 Å². The topological polar surface area (TPSA) is 38.9 Å². The minimum Gasteiger partial charge on any atom is -0.324 e. The summed E-state index contributed by atoms with van der Waals surface area (Å²) in [6.07, 6.45) is 3.54. The molecule has 0 spiro atoms. The van der Waals surface area contributed by atoms with E-state index in [1.54, 1.807) is 6.20 Å². The Morgan fingerprint density at radius 1 is 1.57 bits per heavy atom. The van der Waals surface area contributed by atoms with Crippen molar-refractivity contribution in [2.24, 2.45) is 5.73 Å². The highest BCUT2D eigenvalue weighted by Crippen LogP contribution is 2.17. The molecule has 0 saturated carbocycles. The highest BCUT2D eigenvalue weighted by atomic mass is 14.7. The second kappa shape index (κ2) is 5.41. The van der Waals surface area contributed by atoms with Crippen LogP contribution in [0.3, 0.4) is 0 Å². The first-order chi connectivity index (χ1) is 6.75. The van der Waals surface area contributed by atoms with E-state index in [-0.39, 0.29) is 6.04 Å². The quantitative estimate of drug-likeness (QED) is 0.738. The van der Waals surface area contributed by atoms with Gasteiger partial charge in [0, 0.05) is 24.4 Å². The number of nitrogens with zero attached hydrogens (tertiary/aromatic N) is 1. The zero-order valence-electron chi connectivity index (χ0n) is 8.75. The molecule has 14 heavy (non-hydrogen) atoms. The predicted molar refractivity (Wildman–Crippen MR) is 58.6 cm³/mol. The van der Waals surface area contributed by atoms with Crippen molar-refractivity contribution in [2.75, 3.05) is 0 Å². The Hall–Kier alpha value is -1.33. The van der Waals surface area contributed by atoms with Crippen LogP contribution in [0.4, 0.5) is 0 Å². The molecule has 0 amide bonds. The summed E-state index contributed by atoms with van der Waals surface area (Å²) in [6.45, 7) is 3.83. The summed E-state index contributed by atoms with van der Waals surface area (Å²) in [5, 5.41) is 0. The van der Waals surface area contributed by atoms with Crippen molar-refractivity contribution in [2.45, 2.75) is 32.7 Å². The number of aromatic nitrogens is 1. The second-order valence-electron chi connectivity index (χ2n) is 3.25. The van der Waals surface area contributed by atoms with E-state index in [1.807, 2.05) is 26.0 Å². The number of nitrogens with two attached hydrogens (primary N) is 1. The molecule has 0 saturated heterocycles. The predicted octanol–water partition coefficient (Wildman–Crippen LogP) is 2.19. The van der Waals surface area contributed by atoms with Gasteiger partial charge in [0.15, 0.2) is 0 Å². The number of rotatable bonds is 3. The van der Waals surface area contributed by atoms with Crippen LogP contribution in [0.5, 0.6) is 0 Å². The molecule has 0 bridgehead atoms. The first kappa shape index (κ1) is 10.7. The molecule has 1 aromatic heterocycles. The van der Waals surface area contributed by atoms with Crippen molar-refractivity contribution in [1.29, 1.82) is 0 Å². The van der Waals surface area contributed by atoms with Crippen molar-refractivity contribution in [3.05, 3.63) is 29.6 Å². The lowest BCUT2D eigenvalue weighted by Crippen LogP contribution is -2.11. The molecule has 1 aromatic rings. The molecule has 1 heterocycles. The summed E-state index contributed by atoms with van der Waals surface area (Å²) in [5.41, 5.74) is 8.18. The lowest BCUT2D eigenvalue weighted by atomic mass is 10.0. The van der Waals surface area contributed by atoms with Gasteiger partial charge in [-0.2, -0.15) is 0 Å². The van der Waals surface area contributed by atoms with Gasteiger partial charge in [-0.15, -0.1) is 11.8 Å². The van der Waals surface area contributed by atoms with Crippen LogP contribution in [0, 0.1) is 18.8 Å². The van der Waals surface area contributed by atoms with Crippen LogP contribution in [-0.4, -0.2) is 4.98 Å². The fourth-order valence-corrected chi connectivity index (χ4v) is 1.40. The average molecular weight is 188 g/mol. The van der Waals surface area contributed by atoms with Crippen LogP contribution >= 0.6 is 0 Å². The Morgan fingerprint density at radius 2 is 2.36 bits per heavy atom. The zero-order chi connectivity index (χ0) is 10.4. The molecular weight excluding hydrogens is 172 g/mol. The summed E-state index contributed by atoms with van der Waals surface area (Å²) in [4.78, 5) is 4.21. The smallest absolute Gasteiger partial charge is 0.0420 e. The third-order valence-corrected chi connectivity index (χ3v) is 2.20. The van der Waals surface area contributed by atoms with Gasteiger partial charge in [-0.25, -0.2) is 0 Å². The fourth-order valence-electron chi connectivity index (χ4n) is 1.40. The second-order valence-corrected chi connectivity index (χ2v) is 3.25. The third-order valence-electron chi connectivity index (χ3n) is 2.20. The van der Waals surface area contributed by atoms with Crippen molar-refractivity contribution in [3.8, 4) is 11.8 Å². The minimum absolute atomic E-state index is 0.0598. The lowest BCUT2D eigenvalue weighted by Gasteiger charge is -2.11. The van der Waals surface area contributed by atoms with E-state index in [9.17, 15) is 0 Å². The van der Waals surface area contributed by atoms with E-state index >= 15 is 0 Å². The normalized spacial score (nSPS) is 11.6. The van der Waals surface area contributed by atoms with Crippen molar-refractivity contribution in [3.63, 3.8) is 0 Å². The largest absolute Gasteiger partial charge is 0.324 e. The molecule has 0 aliphatic carbocycles. The monoisotopic (exact) mass is 188 g/mol. The van der Waals surface area contributed by atoms with E-state index < -0.39 is 0 Å². The molecule has 2 nitrogen and oxygen atoms in total. The Morgan fingerprint density at radius 3 is 3.00 bits per heavy atom. The van der Waals surface area contributed by atoms with Crippen molar-refractivity contribution in [1.82, 2.24) is 4.98 Å². The van der Waals surface area contributed by atoms with Crippen LogP contribution < -0.4 is 5.73 Å². The maximum absolute atomic E-state index is 6.03. The Balaban J connectivity index is 2.63. The molecule has 0 radical (unpaired) electrons. The van der Waals surface area contributed by atoms with Gasteiger partial charge in [0.2, 0.25) is 0 Å². The number of pyridine rings is 1. The summed E-state index contributed by atoms with van der Waals surface area (Å²) < 4.78 is 0. The molecule has 0 fully saturated rings. The van der Waals surface area contributed by atoms with Crippen LogP contribution in [0.1, 0.15) is 37.1 Å². The first-order valence-corrected chi connectivity index (χ1v) is 4.82. The molecule has 0 aliphatic rings. The number of hydrogen-bond acceptors (Lipinski definition) is 2. The minimum atomic E-state index is 0.0598. The maximum atomic E-state index is 6.03. The van der Waals surface area contributed by atoms with E-state index in [4.69, 9.17) is 5.73 Å². The van der Waals surface area contributed by atoms with Gasteiger partial charge in [0.05, 0.1) is 0 Å². The van der Waals surface area contributed by atoms with Gasteiger partial charge in [-0.3, -0.25) is 4.98 Å². The highest BCUT2D eigenvalue weighted by Gasteiger charge is 2.07. The first-order valence-electron chi connectivity index (χ1n) is 4.82. The molecule has 0 aliphatic heterocycles. The Labute approximate surface area is 85.5 Å². The Kier molecular flexibility index (Phi) is 4.15. The highest BCUT2D eigenvalue weighted by molar-refractivity contribution is 5.22. The molecule has 2 heteroatoms. The zero-order valence-corrected chi connectivity index (χ0v) is 8.75. The third kappa shape index (κ3) is 2.86. The molecule has 1 rings (SSSR count).